The van der Waals surface area contributed by atoms with Crippen LogP contribution in [0.3, 0.4) is 0 Å². The van der Waals surface area contributed by atoms with Gasteiger partial charge in [-0.25, -0.2) is 9.97 Å². The third-order valence-electron chi connectivity index (χ3n) is 4.99. The number of carbonyl (C=O) groups excluding carboxylic acids is 1. The van der Waals surface area contributed by atoms with Gasteiger partial charge in [0.1, 0.15) is 17.9 Å². The lowest BCUT2D eigenvalue weighted by Crippen LogP contribution is -2.28. The molecule has 2 aromatic carbocycles. The van der Waals surface area contributed by atoms with E-state index in [0.717, 1.165) is 0 Å². The largest absolute Gasteiger partial charge is 0.573 e. The zero-order valence-electron chi connectivity index (χ0n) is 15.6. The Morgan fingerprint density at radius 3 is 2.73 bits per heavy atom. The third kappa shape index (κ3) is 4.13. The second-order valence-corrected chi connectivity index (χ2v) is 6.92. The minimum absolute atomic E-state index is 0.119. The van der Waals surface area contributed by atoms with Gasteiger partial charge in [-0.15, -0.1) is 13.2 Å². The zero-order chi connectivity index (χ0) is 21.3. The molecular weight excluding hydrogens is 399 g/mol. The highest BCUT2D eigenvalue weighted by atomic mass is 19.4. The highest BCUT2D eigenvalue weighted by Crippen LogP contribution is 2.31. The molecule has 1 aliphatic heterocycles. The minimum Gasteiger partial charge on any atom is -0.406 e. The molecule has 1 aromatic heterocycles. The van der Waals surface area contributed by atoms with E-state index in [1.165, 1.54) is 24.5 Å². The number of alkyl halides is 3. The van der Waals surface area contributed by atoms with E-state index in [4.69, 9.17) is 5.73 Å². The number of aromatic nitrogens is 2. The average molecular weight is 417 g/mol. The van der Waals surface area contributed by atoms with Crippen LogP contribution in [0.25, 0.3) is 10.9 Å². The summed E-state index contributed by atoms with van der Waals surface area (Å²) in [5.74, 6) is -0.452. The molecule has 1 amide bonds. The van der Waals surface area contributed by atoms with Gasteiger partial charge < -0.3 is 21.1 Å². The molecule has 4 rings (SSSR count). The Bertz CT molecular complexity index is 1090. The van der Waals surface area contributed by atoms with Gasteiger partial charge in [0.25, 0.3) is 5.91 Å². The number of ether oxygens (including phenoxy) is 1. The predicted molar refractivity (Wildman–Crippen MR) is 104 cm³/mol. The van der Waals surface area contributed by atoms with Crippen LogP contribution in [0.1, 0.15) is 21.8 Å². The molecule has 1 fully saturated rings. The molecular formula is C20H18F3N5O2. The fourth-order valence-electron chi connectivity index (χ4n) is 3.70. The van der Waals surface area contributed by atoms with Gasteiger partial charge in [0.2, 0.25) is 0 Å². The van der Waals surface area contributed by atoms with Crippen molar-refractivity contribution in [2.45, 2.75) is 18.3 Å². The smallest absolute Gasteiger partial charge is 0.406 e. The molecule has 0 spiro atoms. The molecule has 0 saturated carbocycles. The Balaban J connectivity index is 1.62. The number of para-hydroxylation sites is 1. The molecule has 0 bridgehead atoms. The van der Waals surface area contributed by atoms with Crippen molar-refractivity contribution in [3.05, 3.63) is 59.9 Å². The molecule has 1 aliphatic rings. The standard InChI is InChI=1S/C20H18F3N5O2/c21-20(22,23)30-12-4-1-3-11(7-12)15-8-25-9-16(15)28-19-14-6-2-5-13(18(24)29)17(14)26-10-27-19/h1-7,10,15-16,25H,8-9H2,(H2,24,29)(H,26,27,28)/t15?,16-/m0/s1. The maximum absolute atomic E-state index is 12.6. The summed E-state index contributed by atoms with van der Waals surface area (Å²) < 4.78 is 41.7. The Morgan fingerprint density at radius 2 is 1.97 bits per heavy atom. The number of nitrogens with two attached hydrogens (primary N) is 1. The van der Waals surface area contributed by atoms with Crippen LogP contribution in [0.15, 0.2) is 48.8 Å². The number of halogens is 3. The normalized spacial score (nSPS) is 19.0. The molecule has 10 heteroatoms. The van der Waals surface area contributed by atoms with Crippen LogP contribution in [-0.2, 0) is 0 Å². The quantitative estimate of drug-likeness (QED) is 0.590. The maximum atomic E-state index is 12.6. The first-order valence-corrected chi connectivity index (χ1v) is 9.18. The zero-order valence-corrected chi connectivity index (χ0v) is 15.6. The summed E-state index contributed by atoms with van der Waals surface area (Å²) in [6.07, 6.45) is -3.41. The number of primary amides is 1. The van der Waals surface area contributed by atoms with Gasteiger partial charge in [-0.3, -0.25) is 4.79 Å². The van der Waals surface area contributed by atoms with Crippen LogP contribution in [0.5, 0.6) is 5.75 Å². The molecule has 3 aromatic rings. The van der Waals surface area contributed by atoms with Gasteiger partial charge in [0, 0.05) is 30.4 Å². The van der Waals surface area contributed by atoms with Crippen molar-refractivity contribution < 1.29 is 22.7 Å². The van der Waals surface area contributed by atoms with Crippen molar-refractivity contribution in [2.24, 2.45) is 5.73 Å². The van der Waals surface area contributed by atoms with E-state index in [2.05, 4.69) is 25.3 Å². The SMILES string of the molecule is NC(=O)c1cccc2c(N[C@H]3CNCC3c3cccc(OC(F)(F)F)c3)ncnc12. The van der Waals surface area contributed by atoms with Crippen LogP contribution in [0, 0.1) is 0 Å². The van der Waals surface area contributed by atoms with E-state index in [1.807, 2.05) is 0 Å². The van der Waals surface area contributed by atoms with Crippen LogP contribution < -0.4 is 21.1 Å². The number of hydrogen-bond donors (Lipinski definition) is 3. The maximum Gasteiger partial charge on any atom is 0.573 e. The number of carbonyl (C=O) groups is 1. The highest BCUT2D eigenvalue weighted by molar-refractivity contribution is 6.06. The summed E-state index contributed by atoms with van der Waals surface area (Å²) in [7, 11) is 0. The second-order valence-electron chi connectivity index (χ2n) is 6.92. The first-order chi connectivity index (χ1) is 14.3. The van der Waals surface area contributed by atoms with E-state index in [0.29, 0.717) is 35.4 Å². The van der Waals surface area contributed by atoms with E-state index < -0.39 is 12.3 Å². The molecule has 4 N–H and O–H groups in total. The van der Waals surface area contributed by atoms with Gasteiger partial charge in [-0.05, 0) is 29.8 Å². The first kappa shape index (κ1) is 19.9. The Labute approximate surface area is 169 Å². The molecule has 1 unspecified atom stereocenters. The lowest BCUT2D eigenvalue weighted by Gasteiger charge is -2.22. The van der Waals surface area contributed by atoms with Crippen LogP contribution in [0.4, 0.5) is 19.0 Å². The van der Waals surface area contributed by atoms with E-state index >= 15 is 0 Å². The first-order valence-electron chi connectivity index (χ1n) is 9.18. The monoisotopic (exact) mass is 417 g/mol. The number of hydrogen-bond acceptors (Lipinski definition) is 6. The predicted octanol–water partition coefficient (Wildman–Crippen LogP) is 2.79. The molecule has 0 aliphatic carbocycles. The van der Waals surface area contributed by atoms with E-state index in [-0.39, 0.29) is 23.3 Å². The molecule has 1 saturated heterocycles. The Hall–Kier alpha value is -3.40. The van der Waals surface area contributed by atoms with Crippen molar-refractivity contribution in [3.63, 3.8) is 0 Å². The number of rotatable bonds is 5. The second kappa shape index (κ2) is 7.79. The molecule has 7 nitrogen and oxygen atoms in total. The van der Waals surface area contributed by atoms with Crippen molar-refractivity contribution in [3.8, 4) is 5.75 Å². The number of amides is 1. The number of fused-ring (bicyclic) bond motifs is 1. The molecule has 30 heavy (non-hydrogen) atoms. The van der Waals surface area contributed by atoms with Crippen molar-refractivity contribution in [2.75, 3.05) is 18.4 Å². The van der Waals surface area contributed by atoms with E-state index in [1.54, 1.807) is 24.3 Å². The Kier molecular flexibility index (Phi) is 5.17. The van der Waals surface area contributed by atoms with Crippen molar-refractivity contribution in [1.82, 2.24) is 15.3 Å². The number of benzene rings is 2. The van der Waals surface area contributed by atoms with Gasteiger partial charge in [-0.1, -0.05) is 18.2 Å². The lowest BCUT2D eigenvalue weighted by atomic mass is 9.94. The molecule has 0 radical (unpaired) electrons. The number of nitrogens with one attached hydrogen (secondary N) is 2. The fourth-order valence-corrected chi connectivity index (χ4v) is 3.70. The topological polar surface area (TPSA) is 102 Å². The molecule has 156 valence electrons. The van der Waals surface area contributed by atoms with Gasteiger partial charge in [-0.2, -0.15) is 0 Å². The summed E-state index contributed by atoms with van der Waals surface area (Å²) in [4.78, 5) is 20.1. The fraction of sp³-hybridized carbons (Fsp3) is 0.250. The van der Waals surface area contributed by atoms with Crippen LogP contribution >= 0.6 is 0 Å². The average Bonchev–Trinajstić information content (AvgIpc) is 3.15. The summed E-state index contributed by atoms with van der Waals surface area (Å²) >= 11 is 0. The summed E-state index contributed by atoms with van der Waals surface area (Å²) in [6.45, 7) is 1.15. The van der Waals surface area contributed by atoms with Crippen LogP contribution in [0.2, 0.25) is 0 Å². The van der Waals surface area contributed by atoms with Gasteiger partial charge >= 0.3 is 6.36 Å². The summed E-state index contributed by atoms with van der Waals surface area (Å²) in [5, 5.41) is 7.21. The van der Waals surface area contributed by atoms with Gasteiger partial charge in [0.15, 0.2) is 0 Å². The third-order valence-corrected chi connectivity index (χ3v) is 4.99. The summed E-state index contributed by atoms with van der Waals surface area (Å²) in [6, 6.07) is 10.9. The lowest BCUT2D eigenvalue weighted by molar-refractivity contribution is -0.274. The van der Waals surface area contributed by atoms with Crippen LogP contribution in [-0.4, -0.2) is 41.4 Å². The Morgan fingerprint density at radius 1 is 1.17 bits per heavy atom. The van der Waals surface area contributed by atoms with Gasteiger partial charge in [0.05, 0.1) is 11.1 Å². The summed E-state index contributed by atoms with van der Waals surface area (Å²) in [5.41, 5.74) is 6.86. The molecule has 2 heterocycles. The van der Waals surface area contributed by atoms with E-state index in [9.17, 15) is 18.0 Å². The number of nitrogens with zero attached hydrogens (tertiary/aromatic N) is 2. The number of anilines is 1. The highest BCUT2D eigenvalue weighted by Gasteiger charge is 2.33. The van der Waals surface area contributed by atoms with Crippen molar-refractivity contribution in [1.29, 1.82) is 0 Å². The minimum atomic E-state index is -4.75. The van der Waals surface area contributed by atoms with Crippen molar-refractivity contribution >= 4 is 22.6 Å². The molecule has 2 atom stereocenters.